The average molecular weight is 422 g/mol. The van der Waals surface area contributed by atoms with Crippen molar-refractivity contribution in [2.45, 2.75) is 58.5 Å². The van der Waals surface area contributed by atoms with Crippen LogP contribution in [0.25, 0.3) is 0 Å². The highest BCUT2D eigenvalue weighted by molar-refractivity contribution is 5.76. The third kappa shape index (κ3) is 6.03. The Bertz CT molecular complexity index is 863. The molecule has 1 atom stereocenters. The van der Waals surface area contributed by atoms with E-state index in [0.29, 0.717) is 18.4 Å². The van der Waals surface area contributed by atoms with E-state index in [9.17, 15) is 4.79 Å². The Morgan fingerprint density at radius 2 is 1.87 bits per heavy atom. The fourth-order valence-corrected chi connectivity index (χ4v) is 4.83. The lowest BCUT2D eigenvalue weighted by atomic mass is 9.92. The van der Waals surface area contributed by atoms with Crippen molar-refractivity contribution in [1.82, 2.24) is 20.2 Å². The van der Waals surface area contributed by atoms with E-state index in [2.05, 4.69) is 55.4 Å². The molecule has 166 valence electrons. The van der Waals surface area contributed by atoms with E-state index in [-0.39, 0.29) is 5.91 Å². The van der Waals surface area contributed by atoms with Gasteiger partial charge in [-0.2, -0.15) is 0 Å². The van der Waals surface area contributed by atoms with Crippen LogP contribution in [0.1, 0.15) is 49.1 Å². The summed E-state index contributed by atoms with van der Waals surface area (Å²) in [4.78, 5) is 26.4. The van der Waals surface area contributed by atoms with Gasteiger partial charge in [0.15, 0.2) is 0 Å². The molecular formula is C25H35N5O. The summed E-state index contributed by atoms with van der Waals surface area (Å²) in [5, 5.41) is 3.27. The molecule has 1 amide bonds. The zero-order valence-corrected chi connectivity index (χ0v) is 18.9. The fraction of sp³-hybridized carbons (Fsp3) is 0.560. The average Bonchev–Trinajstić information content (AvgIpc) is 3.21. The smallest absolute Gasteiger partial charge is 0.220 e. The number of carbonyl (C=O) groups excluding carboxylic acids is 1. The molecule has 1 aromatic heterocycles. The van der Waals surface area contributed by atoms with E-state index < -0.39 is 0 Å². The van der Waals surface area contributed by atoms with Crippen LogP contribution in [0.4, 0.5) is 5.82 Å². The molecule has 2 aliphatic rings. The molecule has 0 spiro atoms. The number of nitrogens with one attached hydrogen (secondary N) is 1. The molecule has 0 aliphatic carbocycles. The van der Waals surface area contributed by atoms with Gasteiger partial charge in [-0.1, -0.05) is 30.3 Å². The Balaban J connectivity index is 1.15. The van der Waals surface area contributed by atoms with E-state index in [1.807, 2.05) is 20.0 Å². The maximum absolute atomic E-state index is 12.5. The van der Waals surface area contributed by atoms with Crippen LogP contribution in [0.3, 0.4) is 0 Å². The number of amides is 1. The Kier molecular flexibility index (Phi) is 7.17. The molecule has 2 saturated heterocycles. The van der Waals surface area contributed by atoms with E-state index in [1.54, 1.807) is 0 Å². The number of nitrogens with zero attached hydrogens (tertiary/aromatic N) is 4. The van der Waals surface area contributed by atoms with Crippen molar-refractivity contribution in [3.05, 3.63) is 53.5 Å². The molecule has 6 heteroatoms. The van der Waals surface area contributed by atoms with Gasteiger partial charge in [-0.15, -0.1) is 0 Å². The van der Waals surface area contributed by atoms with Crippen LogP contribution in [0, 0.1) is 19.8 Å². The van der Waals surface area contributed by atoms with Gasteiger partial charge in [-0.05, 0) is 51.0 Å². The van der Waals surface area contributed by atoms with Crippen LogP contribution in [0.15, 0.2) is 36.5 Å². The van der Waals surface area contributed by atoms with Gasteiger partial charge >= 0.3 is 0 Å². The zero-order valence-electron chi connectivity index (χ0n) is 18.9. The SMILES string of the molecule is Cc1cnc(C)c(N2CCC(CCC(=O)NC3CCN(Cc4ccccc4)C3)CC2)n1. The molecule has 31 heavy (non-hydrogen) atoms. The van der Waals surface area contributed by atoms with Crippen molar-refractivity contribution in [3.8, 4) is 0 Å². The van der Waals surface area contributed by atoms with Crippen LogP contribution in [0.5, 0.6) is 0 Å². The van der Waals surface area contributed by atoms with Crippen molar-refractivity contribution in [2.24, 2.45) is 5.92 Å². The van der Waals surface area contributed by atoms with Gasteiger partial charge < -0.3 is 10.2 Å². The number of rotatable bonds is 7. The minimum atomic E-state index is 0.217. The van der Waals surface area contributed by atoms with Gasteiger partial charge in [0.05, 0.1) is 11.4 Å². The first-order chi connectivity index (χ1) is 15.1. The maximum atomic E-state index is 12.5. The second-order valence-corrected chi connectivity index (χ2v) is 9.16. The summed E-state index contributed by atoms with van der Waals surface area (Å²) in [5.74, 6) is 1.87. The Labute approximate surface area is 186 Å². The van der Waals surface area contributed by atoms with Crippen molar-refractivity contribution >= 4 is 11.7 Å². The van der Waals surface area contributed by atoms with Crippen LogP contribution in [-0.2, 0) is 11.3 Å². The molecular weight excluding hydrogens is 386 g/mol. The highest BCUT2D eigenvalue weighted by atomic mass is 16.1. The second kappa shape index (κ2) is 10.2. The second-order valence-electron chi connectivity index (χ2n) is 9.16. The topological polar surface area (TPSA) is 61.4 Å². The molecule has 1 N–H and O–H groups in total. The summed E-state index contributed by atoms with van der Waals surface area (Å²) in [5.41, 5.74) is 3.31. The van der Waals surface area contributed by atoms with E-state index in [4.69, 9.17) is 0 Å². The third-order valence-electron chi connectivity index (χ3n) is 6.63. The number of aromatic nitrogens is 2. The quantitative estimate of drug-likeness (QED) is 0.742. The van der Waals surface area contributed by atoms with Crippen LogP contribution in [-0.4, -0.2) is 53.0 Å². The first-order valence-electron chi connectivity index (χ1n) is 11.7. The van der Waals surface area contributed by atoms with Gasteiger partial charge in [-0.25, -0.2) is 4.98 Å². The highest BCUT2D eigenvalue weighted by Crippen LogP contribution is 2.26. The Hall–Kier alpha value is -2.47. The van der Waals surface area contributed by atoms with Gasteiger partial charge in [0.25, 0.3) is 0 Å². The number of piperidine rings is 1. The summed E-state index contributed by atoms with van der Waals surface area (Å²) < 4.78 is 0. The summed E-state index contributed by atoms with van der Waals surface area (Å²) in [6, 6.07) is 10.9. The van der Waals surface area contributed by atoms with Crippen molar-refractivity contribution in [3.63, 3.8) is 0 Å². The lowest BCUT2D eigenvalue weighted by Gasteiger charge is -2.33. The zero-order chi connectivity index (χ0) is 21.6. The monoisotopic (exact) mass is 421 g/mol. The lowest BCUT2D eigenvalue weighted by molar-refractivity contribution is -0.122. The van der Waals surface area contributed by atoms with Crippen molar-refractivity contribution in [2.75, 3.05) is 31.1 Å². The molecule has 0 radical (unpaired) electrons. The van der Waals surface area contributed by atoms with Gasteiger partial charge in [0.1, 0.15) is 5.82 Å². The largest absolute Gasteiger partial charge is 0.355 e. The van der Waals surface area contributed by atoms with Crippen molar-refractivity contribution < 1.29 is 4.79 Å². The molecule has 1 aromatic carbocycles. The molecule has 6 nitrogen and oxygen atoms in total. The minimum Gasteiger partial charge on any atom is -0.355 e. The van der Waals surface area contributed by atoms with Gasteiger partial charge in [0, 0.05) is 51.4 Å². The molecule has 3 heterocycles. The Morgan fingerprint density at radius 3 is 2.65 bits per heavy atom. The number of carbonyl (C=O) groups is 1. The van der Waals surface area contributed by atoms with Gasteiger partial charge in [-0.3, -0.25) is 14.7 Å². The predicted molar refractivity (Wildman–Crippen MR) is 124 cm³/mol. The first kappa shape index (κ1) is 21.8. The molecule has 0 saturated carbocycles. The molecule has 4 rings (SSSR count). The Morgan fingerprint density at radius 1 is 1.10 bits per heavy atom. The number of aryl methyl sites for hydroxylation is 2. The minimum absolute atomic E-state index is 0.217. The van der Waals surface area contributed by atoms with Gasteiger partial charge in [0.2, 0.25) is 5.91 Å². The van der Waals surface area contributed by atoms with Crippen LogP contribution < -0.4 is 10.2 Å². The number of hydrogen-bond acceptors (Lipinski definition) is 5. The normalized spacial score (nSPS) is 20.2. The number of likely N-dealkylation sites (tertiary alicyclic amines) is 1. The van der Waals surface area contributed by atoms with Crippen LogP contribution in [0.2, 0.25) is 0 Å². The highest BCUT2D eigenvalue weighted by Gasteiger charge is 2.25. The summed E-state index contributed by atoms with van der Waals surface area (Å²) in [6.07, 6.45) is 6.75. The number of anilines is 1. The molecule has 2 fully saturated rings. The van der Waals surface area contributed by atoms with Crippen LogP contribution >= 0.6 is 0 Å². The van der Waals surface area contributed by atoms with E-state index in [0.717, 1.165) is 75.6 Å². The molecule has 2 aliphatic heterocycles. The number of hydrogen-bond donors (Lipinski definition) is 1. The maximum Gasteiger partial charge on any atom is 0.220 e. The summed E-state index contributed by atoms with van der Waals surface area (Å²) in [7, 11) is 0. The van der Waals surface area contributed by atoms with Crippen molar-refractivity contribution in [1.29, 1.82) is 0 Å². The van der Waals surface area contributed by atoms with E-state index >= 15 is 0 Å². The first-order valence-corrected chi connectivity index (χ1v) is 11.7. The lowest BCUT2D eigenvalue weighted by Crippen LogP contribution is -2.38. The standard InChI is InChI=1S/C25H35N5O/c1-19-16-26-20(2)25(27-19)30-14-10-21(11-15-30)8-9-24(31)28-23-12-13-29(18-23)17-22-6-4-3-5-7-22/h3-7,16,21,23H,8-15,17-18H2,1-2H3,(H,28,31). The summed E-state index contributed by atoms with van der Waals surface area (Å²) in [6.45, 7) is 9.01. The predicted octanol–water partition coefficient (Wildman–Crippen LogP) is 3.48. The van der Waals surface area contributed by atoms with E-state index in [1.165, 1.54) is 5.56 Å². The molecule has 2 aromatic rings. The molecule has 0 bridgehead atoms. The third-order valence-corrected chi connectivity index (χ3v) is 6.63. The molecule has 1 unspecified atom stereocenters. The number of benzene rings is 1. The summed E-state index contributed by atoms with van der Waals surface area (Å²) >= 11 is 0. The fourth-order valence-electron chi connectivity index (χ4n) is 4.83.